The highest BCUT2D eigenvalue weighted by Crippen LogP contribution is 2.29. The number of nitrogens with zero attached hydrogens (tertiary/aromatic N) is 1. The fourth-order valence-electron chi connectivity index (χ4n) is 2.82. The van der Waals surface area contributed by atoms with E-state index in [2.05, 4.69) is 5.32 Å². The molecule has 2 amide bonds. The summed E-state index contributed by atoms with van der Waals surface area (Å²) in [4.78, 5) is 26.0. The van der Waals surface area contributed by atoms with Crippen molar-refractivity contribution in [2.45, 2.75) is 45.0 Å². The summed E-state index contributed by atoms with van der Waals surface area (Å²) in [5.74, 6) is 1.08. The van der Waals surface area contributed by atoms with Gasteiger partial charge in [0.2, 0.25) is 5.91 Å². The third kappa shape index (κ3) is 4.37. The molecule has 1 saturated heterocycles. The molecule has 2 rings (SSSR count). The summed E-state index contributed by atoms with van der Waals surface area (Å²) in [6, 6.07) is 4.41. The van der Waals surface area contributed by atoms with E-state index in [4.69, 9.17) is 19.9 Å². The average Bonchev–Trinajstić information content (AvgIpc) is 2.58. The molecule has 1 aromatic carbocycles. The van der Waals surface area contributed by atoms with Gasteiger partial charge in [0.25, 0.3) is 0 Å². The summed E-state index contributed by atoms with van der Waals surface area (Å²) in [7, 11) is 3.13. The molecule has 1 aliphatic rings. The van der Waals surface area contributed by atoms with Gasteiger partial charge < -0.3 is 30.2 Å². The SMILES string of the molecule is COc1ccc(CN2C(=O)[C@@H](NC(=O)OC(C)(C)C)[C@H]2CN)c(OC)c1. The third-order valence-electron chi connectivity index (χ3n) is 4.08. The van der Waals surface area contributed by atoms with Crippen LogP contribution in [0.2, 0.25) is 0 Å². The van der Waals surface area contributed by atoms with Gasteiger partial charge in [0.1, 0.15) is 23.1 Å². The number of likely N-dealkylation sites (tertiary alicyclic amines) is 1. The second-order valence-electron chi connectivity index (χ2n) is 7.07. The third-order valence-corrected chi connectivity index (χ3v) is 4.08. The minimum absolute atomic E-state index is 0.204. The van der Waals surface area contributed by atoms with E-state index in [-0.39, 0.29) is 18.5 Å². The summed E-state index contributed by atoms with van der Waals surface area (Å²) in [6.07, 6.45) is -0.629. The van der Waals surface area contributed by atoms with Gasteiger partial charge in [-0.3, -0.25) is 4.79 Å². The number of methoxy groups -OCH3 is 2. The highest BCUT2D eigenvalue weighted by atomic mass is 16.6. The molecule has 144 valence electrons. The first-order valence-electron chi connectivity index (χ1n) is 8.41. The second kappa shape index (κ2) is 7.82. The van der Waals surface area contributed by atoms with Crippen molar-refractivity contribution < 1.29 is 23.8 Å². The largest absolute Gasteiger partial charge is 0.497 e. The van der Waals surface area contributed by atoms with E-state index in [1.807, 2.05) is 6.07 Å². The normalized spacial score (nSPS) is 19.6. The Hall–Kier alpha value is -2.48. The van der Waals surface area contributed by atoms with Crippen molar-refractivity contribution >= 4 is 12.0 Å². The molecule has 0 aromatic heterocycles. The number of nitrogens with two attached hydrogens (primary N) is 1. The molecule has 1 heterocycles. The lowest BCUT2D eigenvalue weighted by atomic mass is 9.94. The van der Waals surface area contributed by atoms with Crippen molar-refractivity contribution in [3.05, 3.63) is 23.8 Å². The molecular weight excluding hydrogens is 338 g/mol. The van der Waals surface area contributed by atoms with Crippen LogP contribution in [0.15, 0.2) is 18.2 Å². The fourth-order valence-corrected chi connectivity index (χ4v) is 2.82. The predicted molar refractivity (Wildman–Crippen MR) is 96.1 cm³/mol. The van der Waals surface area contributed by atoms with E-state index in [9.17, 15) is 9.59 Å². The zero-order chi connectivity index (χ0) is 19.5. The van der Waals surface area contributed by atoms with Gasteiger partial charge in [-0.2, -0.15) is 0 Å². The van der Waals surface area contributed by atoms with Crippen LogP contribution in [0.3, 0.4) is 0 Å². The van der Waals surface area contributed by atoms with E-state index in [1.54, 1.807) is 52.0 Å². The van der Waals surface area contributed by atoms with Crippen LogP contribution in [-0.2, 0) is 16.1 Å². The van der Waals surface area contributed by atoms with Crippen LogP contribution in [0, 0.1) is 0 Å². The number of carbonyl (C=O) groups excluding carboxylic acids is 2. The van der Waals surface area contributed by atoms with Gasteiger partial charge in [-0.15, -0.1) is 0 Å². The molecule has 8 nitrogen and oxygen atoms in total. The molecule has 1 fully saturated rings. The van der Waals surface area contributed by atoms with E-state index in [1.165, 1.54) is 0 Å². The molecule has 3 N–H and O–H groups in total. The maximum Gasteiger partial charge on any atom is 0.408 e. The quantitative estimate of drug-likeness (QED) is 0.736. The van der Waals surface area contributed by atoms with Crippen LogP contribution >= 0.6 is 0 Å². The zero-order valence-electron chi connectivity index (χ0n) is 15.9. The highest BCUT2D eigenvalue weighted by molar-refractivity contribution is 5.92. The molecule has 0 saturated carbocycles. The topological polar surface area (TPSA) is 103 Å². The van der Waals surface area contributed by atoms with Gasteiger partial charge in [-0.05, 0) is 32.9 Å². The van der Waals surface area contributed by atoms with Crippen molar-refractivity contribution in [3.8, 4) is 11.5 Å². The minimum atomic E-state index is -0.681. The van der Waals surface area contributed by atoms with Gasteiger partial charge in [-0.1, -0.05) is 0 Å². The zero-order valence-corrected chi connectivity index (χ0v) is 15.9. The monoisotopic (exact) mass is 365 g/mol. The molecule has 1 aromatic rings. The molecule has 0 radical (unpaired) electrons. The van der Waals surface area contributed by atoms with Crippen LogP contribution in [0.25, 0.3) is 0 Å². The Bertz CT molecular complexity index is 671. The first kappa shape index (κ1) is 19.8. The van der Waals surface area contributed by atoms with Gasteiger partial charge in [0.15, 0.2) is 0 Å². The molecule has 0 unspecified atom stereocenters. The number of ether oxygens (including phenoxy) is 3. The number of hydrogen-bond donors (Lipinski definition) is 2. The lowest BCUT2D eigenvalue weighted by molar-refractivity contribution is -0.151. The van der Waals surface area contributed by atoms with Gasteiger partial charge in [0, 0.05) is 24.7 Å². The molecule has 2 atom stereocenters. The van der Waals surface area contributed by atoms with Gasteiger partial charge in [0.05, 0.1) is 20.3 Å². The number of carbonyl (C=O) groups is 2. The van der Waals surface area contributed by atoms with Gasteiger partial charge >= 0.3 is 6.09 Å². The lowest BCUT2D eigenvalue weighted by Crippen LogP contribution is -2.72. The first-order valence-corrected chi connectivity index (χ1v) is 8.41. The Kier molecular flexibility index (Phi) is 5.97. The number of alkyl carbamates (subject to hydrolysis) is 1. The van der Waals surface area contributed by atoms with E-state index >= 15 is 0 Å². The van der Waals surface area contributed by atoms with Crippen LogP contribution in [0.4, 0.5) is 4.79 Å². The Balaban J connectivity index is 2.06. The standard InChI is InChI=1S/C18H27N3O5/c1-18(2,3)26-17(23)20-15-13(9-19)21(16(15)22)10-11-6-7-12(24-4)8-14(11)25-5/h6-8,13,15H,9-10,19H2,1-5H3,(H,20,23)/t13-,15+/m1/s1. The van der Waals surface area contributed by atoms with Crippen molar-refractivity contribution in [3.63, 3.8) is 0 Å². The molecule has 0 spiro atoms. The Morgan fingerprint density at radius 2 is 1.96 bits per heavy atom. The van der Waals surface area contributed by atoms with Crippen molar-refractivity contribution in [1.29, 1.82) is 0 Å². The number of nitrogens with one attached hydrogen (secondary N) is 1. The van der Waals surface area contributed by atoms with E-state index in [0.717, 1.165) is 5.56 Å². The molecular formula is C18H27N3O5. The second-order valence-corrected chi connectivity index (χ2v) is 7.07. The summed E-state index contributed by atoms with van der Waals surface area (Å²) < 4.78 is 15.8. The summed E-state index contributed by atoms with van der Waals surface area (Å²) in [5.41, 5.74) is 6.01. The number of amides is 2. The number of benzene rings is 1. The predicted octanol–water partition coefficient (Wildman–Crippen LogP) is 1.27. The summed E-state index contributed by atoms with van der Waals surface area (Å²) in [6.45, 7) is 5.85. The van der Waals surface area contributed by atoms with Crippen LogP contribution in [-0.4, -0.2) is 55.3 Å². The lowest BCUT2D eigenvalue weighted by Gasteiger charge is -2.46. The van der Waals surface area contributed by atoms with Crippen molar-refractivity contribution in [2.75, 3.05) is 20.8 Å². The average molecular weight is 365 g/mol. The molecule has 0 bridgehead atoms. The van der Waals surface area contributed by atoms with Crippen molar-refractivity contribution in [2.24, 2.45) is 5.73 Å². The number of β-lactam (4-membered cyclic amide) rings is 1. The molecule has 0 aliphatic carbocycles. The number of rotatable bonds is 6. The Labute approximate surface area is 153 Å². The maximum atomic E-state index is 12.5. The molecule has 1 aliphatic heterocycles. The Morgan fingerprint density at radius 3 is 2.50 bits per heavy atom. The maximum absolute atomic E-state index is 12.5. The van der Waals surface area contributed by atoms with Crippen LogP contribution in [0.5, 0.6) is 11.5 Å². The minimum Gasteiger partial charge on any atom is -0.497 e. The summed E-state index contributed by atoms with van der Waals surface area (Å²) >= 11 is 0. The van der Waals surface area contributed by atoms with E-state index < -0.39 is 17.7 Å². The van der Waals surface area contributed by atoms with E-state index in [0.29, 0.717) is 18.0 Å². The fraction of sp³-hybridized carbons (Fsp3) is 0.556. The Morgan fingerprint density at radius 1 is 1.27 bits per heavy atom. The van der Waals surface area contributed by atoms with Gasteiger partial charge in [-0.25, -0.2) is 4.79 Å². The smallest absolute Gasteiger partial charge is 0.408 e. The highest BCUT2D eigenvalue weighted by Gasteiger charge is 2.47. The first-order chi connectivity index (χ1) is 12.2. The van der Waals surface area contributed by atoms with Crippen LogP contribution in [0.1, 0.15) is 26.3 Å². The molecule has 26 heavy (non-hydrogen) atoms. The van der Waals surface area contributed by atoms with Crippen molar-refractivity contribution in [1.82, 2.24) is 10.2 Å². The molecule has 8 heteroatoms. The summed E-state index contributed by atoms with van der Waals surface area (Å²) in [5, 5.41) is 2.60. The number of hydrogen-bond acceptors (Lipinski definition) is 6. The van der Waals surface area contributed by atoms with Crippen LogP contribution < -0.4 is 20.5 Å².